The third-order valence-corrected chi connectivity index (χ3v) is 6.41. The summed E-state index contributed by atoms with van der Waals surface area (Å²) in [6.45, 7) is 3.63. The zero-order valence-corrected chi connectivity index (χ0v) is 15.8. The van der Waals surface area contributed by atoms with Crippen LogP contribution in [0.25, 0.3) is 0 Å². The van der Waals surface area contributed by atoms with Crippen LogP contribution in [0, 0.1) is 0 Å². The Labute approximate surface area is 152 Å². The van der Waals surface area contributed by atoms with Gasteiger partial charge in [0.05, 0.1) is 18.0 Å². The van der Waals surface area contributed by atoms with Gasteiger partial charge in [-0.15, -0.1) is 0 Å². The summed E-state index contributed by atoms with van der Waals surface area (Å²) in [5.41, 5.74) is -2.74. The first kappa shape index (κ1) is 20.0. The summed E-state index contributed by atoms with van der Waals surface area (Å²) in [5.74, 6) is 0. The minimum absolute atomic E-state index is 0.0418. The zero-order valence-electron chi connectivity index (χ0n) is 14.3. The van der Waals surface area contributed by atoms with Crippen molar-refractivity contribution >= 4 is 27.5 Å². The molecule has 2 N–H and O–H groups in total. The van der Waals surface area contributed by atoms with E-state index in [0.717, 1.165) is 4.90 Å². The predicted molar refractivity (Wildman–Crippen MR) is 92.3 cm³/mol. The van der Waals surface area contributed by atoms with Crippen molar-refractivity contribution in [1.82, 2.24) is 4.90 Å². The summed E-state index contributed by atoms with van der Waals surface area (Å²) in [7, 11) is -4.00. The molecule has 0 aromatic heterocycles. The van der Waals surface area contributed by atoms with Crippen molar-refractivity contribution in [2.75, 3.05) is 19.7 Å². The lowest BCUT2D eigenvalue weighted by Gasteiger charge is -2.26. The monoisotopic (exact) mass is 391 g/mol. The Bertz CT molecular complexity index is 743. The number of benzene rings is 1. The predicted octanol–water partition coefficient (Wildman–Crippen LogP) is 1.46. The highest BCUT2D eigenvalue weighted by Gasteiger charge is 2.54. The molecule has 1 aliphatic rings. The fourth-order valence-electron chi connectivity index (χ4n) is 2.66. The van der Waals surface area contributed by atoms with Crippen molar-refractivity contribution in [1.29, 1.82) is 0 Å². The zero-order chi connectivity index (χ0) is 19.0. The number of sulfone groups is 1. The van der Waals surface area contributed by atoms with Crippen LogP contribution in [0.4, 0.5) is 4.79 Å². The van der Waals surface area contributed by atoms with Gasteiger partial charge in [0.15, 0.2) is 9.84 Å². The molecule has 0 spiro atoms. The Morgan fingerprint density at radius 1 is 1.36 bits per heavy atom. The molecule has 0 aliphatic carbocycles. The van der Waals surface area contributed by atoms with Crippen LogP contribution in [0.5, 0.6) is 0 Å². The minimum atomic E-state index is -4.00. The van der Waals surface area contributed by atoms with Crippen molar-refractivity contribution in [2.45, 2.75) is 42.1 Å². The molecule has 2 rings (SSSR count). The standard InChI is InChI=1S/C16H22ClNO6S/c1-15(2,3)24-14(20)18-8-13(16(21,9-18)10-19)25(22,23)12-6-4-11(17)5-7-12/h4-7,13,19,21H,8-10H2,1-3H3/t13-,16-/m0/s1. The molecule has 1 fully saturated rings. The molecule has 0 saturated carbocycles. The van der Waals surface area contributed by atoms with Crippen LogP contribution in [-0.4, -0.2) is 65.8 Å². The quantitative estimate of drug-likeness (QED) is 0.808. The summed E-state index contributed by atoms with van der Waals surface area (Å²) in [4.78, 5) is 13.3. The second-order valence-corrected chi connectivity index (χ2v) is 9.68. The van der Waals surface area contributed by atoms with Crippen LogP contribution in [0.1, 0.15) is 20.8 Å². The van der Waals surface area contributed by atoms with Gasteiger partial charge in [-0.2, -0.15) is 0 Å². The van der Waals surface area contributed by atoms with Crippen molar-refractivity contribution in [3.05, 3.63) is 29.3 Å². The highest BCUT2D eigenvalue weighted by Crippen LogP contribution is 2.32. The third-order valence-electron chi connectivity index (χ3n) is 3.89. The molecule has 25 heavy (non-hydrogen) atoms. The van der Waals surface area contributed by atoms with Gasteiger partial charge in [-0.05, 0) is 45.0 Å². The van der Waals surface area contributed by atoms with Crippen LogP contribution >= 0.6 is 11.6 Å². The Morgan fingerprint density at radius 3 is 2.40 bits per heavy atom. The second-order valence-electron chi connectivity index (χ2n) is 7.11. The van der Waals surface area contributed by atoms with E-state index in [9.17, 15) is 23.4 Å². The average Bonchev–Trinajstić information content (AvgIpc) is 2.85. The van der Waals surface area contributed by atoms with Gasteiger partial charge in [0.25, 0.3) is 0 Å². The number of carbonyl (C=O) groups excluding carboxylic acids is 1. The van der Waals surface area contributed by atoms with Gasteiger partial charge in [-0.3, -0.25) is 0 Å². The van der Waals surface area contributed by atoms with E-state index in [-0.39, 0.29) is 18.0 Å². The first-order valence-electron chi connectivity index (χ1n) is 7.70. The molecule has 1 aromatic carbocycles. The molecular formula is C16H22ClNO6S. The number of carbonyl (C=O) groups is 1. The number of ether oxygens (including phenoxy) is 1. The lowest BCUT2D eigenvalue weighted by Crippen LogP contribution is -2.49. The summed E-state index contributed by atoms with van der Waals surface area (Å²) in [6, 6.07) is 5.50. The lowest BCUT2D eigenvalue weighted by molar-refractivity contribution is -0.0108. The normalized spacial score (nSPS) is 24.4. The first-order valence-corrected chi connectivity index (χ1v) is 9.62. The number of hydrogen-bond donors (Lipinski definition) is 2. The van der Waals surface area contributed by atoms with E-state index in [4.69, 9.17) is 16.3 Å². The van der Waals surface area contributed by atoms with Gasteiger partial charge in [0.1, 0.15) is 16.5 Å². The molecule has 1 aliphatic heterocycles. The molecule has 0 unspecified atom stereocenters. The van der Waals surface area contributed by atoms with E-state index in [1.165, 1.54) is 24.3 Å². The van der Waals surface area contributed by atoms with E-state index in [1.54, 1.807) is 20.8 Å². The Kier molecular flexibility index (Phi) is 5.39. The Hall–Kier alpha value is -1.35. The number of likely N-dealkylation sites (tertiary alicyclic amines) is 1. The van der Waals surface area contributed by atoms with Crippen molar-refractivity contribution in [2.24, 2.45) is 0 Å². The van der Waals surface area contributed by atoms with E-state index >= 15 is 0 Å². The Balaban J connectivity index is 2.33. The van der Waals surface area contributed by atoms with Crippen LogP contribution in [0.15, 0.2) is 29.2 Å². The van der Waals surface area contributed by atoms with E-state index in [1.807, 2.05) is 0 Å². The number of halogens is 1. The van der Waals surface area contributed by atoms with Crippen LogP contribution in [-0.2, 0) is 14.6 Å². The van der Waals surface area contributed by atoms with E-state index in [2.05, 4.69) is 0 Å². The number of nitrogens with zero attached hydrogens (tertiary/aromatic N) is 1. The molecule has 2 atom stereocenters. The highest BCUT2D eigenvalue weighted by molar-refractivity contribution is 7.92. The largest absolute Gasteiger partial charge is 0.444 e. The van der Waals surface area contributed by atoms with Crippen LogP contribution in [0.2, 0.25) is 5.02 Å². The third kappa shape index (κ3) is 4.25. The van der Waals surface area contributed by atoms with Gasteiger partial charge < -0.3 is 19.8 Å². The fourth-order valence-corrected chi connectivity index (χ4v) is 4.73. The number of aliphatic hydroxyl groups excluding tert-OH is 1. The smallest absolute Gasteiger partial charge is 0.410 e. The number of aliphatic hydroxyl groups is 2. The average molecular weight is 392 g/mol. The van der Waals surface area contributed by atoms with E-state index in [0.29, 0.717) is 5.02 Å². The summed E-state index contributed by atoms with van der Waals surface area (Å²) in [6.07, 6.45) is -0.742. The van der Waals surface area contributed by atoms with Gasteiger partial charge >= 0.3 is 6.09 Å². The number of rotatable bonds is 3. The highest BCUT2D eigenvalue weighted by atomic mass is 35.5. The lowest BCUT2D eigenvalue weighted by atomic mass is 10.1. The SMILES string of the molecule is CC(C)(C)OC(=O)N1C[C@H](S(=O)(=O)c2ccc(Cl)cc2)[C@@](O)(CO)C1. The van der Waals surface area contributed by atoms with Crippen LogP contribution in [0.3, 0.4) is 0 Å². The van der Waals surface area contributed by atoms with Gasteiger partial charge in [-0.25, -0.2) is 13.2 Å². The number of β-amino-alcohol motifs (C(OH)–C–C–N with tert-alkyl or cyclic N) is 1. The molecular weight excluding hydrogens is 370 g/mol. The summed E-state index contributed by atoms with van der Waals surface area (Å²) < 4.78 is 31.0. The summed E-state index contributed by atoms with van der Waals surface area (Å²) in [5, 5.41) is 19.2. The molecule has 1 heterocycles. The molecule has 1 aromatic rings. The number of hydrogen-bond acceptors (Lipinski definition) is 6. The maximum absolute atomic E-state index is 12.9. The Morgan fingerprint density at radius 2 is 1.92 bits per heavy atom. The van der Waals surface area contributed by atoms with Crippen molar-refractivity contribution in [3.63, 3.8) is 0 Å². The number of amides is 1. The second kappa shape index (κ2) is 6.75. The molecule has 7 nitrogen and oxygen atoms in total. The maximum Gasteiger partial charge on any atom is 0.410 e. The maximum atomic E-state index is 12.9. The topological polar surface area (TPSA) is 104 Å². The minimum Gasteiger partial charge on any atom is -0.444 e. The van der Waals surface area contributed by atoms with Gasteiger partial charge in [0.2, 0.25) is 0 Å². The molecule has 9 heteroatoms. The first-order chi connectivity index (χ1) is 11.4. The van der Waals surface area contributed by atoms with Gasteiger partial charge in [0, 0.05) is 11.6 Å². The fraction of sp³-hybridized carbons (Fsp3) is 0.562. The molecule has 1 amide bonds. The molecule has 1 saturated heterocycles. The molecule has 0 radical (unpaired) electrons. The van der Waals surface area contributed by atoms with Gasteiger partial charge in [-0.1, -0.05) is 11.6 Å². The molecule has 140 valence electrons. The summed E-state index contributed by atoms with van der Waals surface area (Å²) >= 11 is 5.78. The van der Waals surface area contributed by atoms with Crippen LogP contribution < -0.4 is 0 Å². The van der Waals surface area contributed by atoms with Crippen molar-refractivity contribution in [3.8, 4) is 0 Å². The van der Waals surface area contributed by atoms with Crippen molar-refractivity contribution < 1.29 is 28.2 Å². The molecule has 0 bridgehead atoms. The van der Waals surface area contributed by atoms with E-state index < -0.39 is 39.0 Å².